The summed E-state index contributed by atoms with van der Waals surface area (Å²) in [7, 11) is -1.27. The molecule has 0 radical (unpaired) electrons. The molecule has 0 aromatic heterocycles. The quantitative estimate of drug-likeness (QED) is 0.146. The lowest BCUT2D eigenvalue weighted by molar-refractivity contribution is -0.132. The molecule has 1 unspecified atom stereocenters. The number of anilines is 2. The van der Waals surface area contributed by atoms with Crippen molar-refractivity contribution in [3.63, 3.8) is 0 Å². The number of alkyl carbamates (subject to hydrolysis) is 1. The predicted octanol–water partition coefficient (Wildman–Crippen LogP) is 1.65. The third kappa shape index (κ3) is 10.5. The first-order valence-corrected chi connectivity index (χ1v) is 17.0. The summed E-state index contributed by atoms with van der Waals surface area (Å²) < 4.78 is 34.0. The molecule has 3 rings (SSSR count). The summed E-state index contributed by atoms with van der Waals surface area (Å²) in [6.07, 6.45) is -2.47. The fraction of sp³-hybridized carbons (Fsp3) is 0.531. The number of ether oxygens (including phenoxy) is 1. The minimum absolute atomic E-state index is 0.0131. The van der Waals surface area contributed by atoms with E-state index in [1.165, 1.54) is 23.5 Å². The number of methoxy groups -OCH3 is 1. The lowest BCUT2D eigenvalue weighted by Crippen LogP contribution is -2.59. The molecule has 260 valence electrons. The molecule has 3 amide bonds. The number of sulfonamides is 1. The molecule has 7 N–H and O–H groups in total. The van der Waals surface area contributed by atoms with E-state index in [0.29, 0.717) is 11.4 Å². The second kappa shape index (κ2) is 16.3. The van der Waals surface area contributed by atoms with Crippen LogP contribution in [0.1, 0.15) is 40.2 Å². The number of amides is 3. The van der Waals surface area contributed by atoms with E-state index in [0.717, 1.165) is 5.56 Å². The van der Waals surface area contributed by atoms with Crippen molar-refractivity contribution in [2.75, 3.05) is 44.4 Å². The number of fused-ring (bicyclic) bond motifs is 1. The molecule has 4 atom stereocenters. The van der Waals surface area contributed by atoms with Gasteiger partial charge in [0.25, 0.3) is 0 Å². The molecule has 0 saturated carbocycles. The third-order valence-corrected chi connectivity index (χ3v) is 9.32. The van der Waals surface area contributed by atoms with E-state index < -0.39 is 51.9 Å². The van der Waals surface area contributed by atoms with Gasteiger partial charge in [0.2, 0.25) is 21.8 Å². The Bertz CT molecular complexity index is 1480. The molecule has 47 heavy (non-hydrogen) atoms. The zero-order valence-electron chi connectivity index (χ0n) is 28.1. The van der Waals surface area contributed by atoms with Crippen LogP contribution in [0.25, 0.3) is 0 Å². The van der Waals surface area contributed by atoms with E-state index in [-0.39, 0.29) is 42.8 Å². The summed E-state index contributed by atoms with van der Waals surface area (Å²) in [5.41, 5.74) is 1.21. The number of likely N-dealkylation sites (N-methyl/N-ethyl adjacent to an activating group) is 1. The molecule has 0 saturated heterocycles. The number of hydrogen-bond donors (Lipinski definition) is 7. The Morgan fingerprint density at radius 3 is 2.26 bits per heavy atom. The monoisotopic (exact) mass is 675 g/mol. The Hall–Kier alpha value is -3.92. The molecular formula is C32H49N7O7S. The topological polar surface area (TPSA) is 190 Å². The van der Waals surface area contributed by atoms with E-state index >= 15 is 0 Å². The molecule has 2 aromatic carbocycles. The van der Waals surface area contributed by atoms with Crippen LogP contribution in [0.5, 0.6) is 0 Å². The summed E-state index contributed by atoms with van der Waals surface area (Å²) in [5, 5.41) is 28.7. The Kier molecular flexibility index (Phi) is 13.0. The van der Waals surface area contributed by atoms with Gasteiger partial charge in [-0.25, -0.2) is 13.2 Å². The Morgan fingerprint density at radius 2 is 1.66 bits per heavy atom. The van der Waals surface area contributed by atoms with Crippen LogP contribution < -0.4 is 31.9 Å². The summed E-state index contributed by atoms with van der Waals surface area (Å²) in [6.45, 7) is 9.04. The van der Waals surface area contributed by atoms with Gasteiger partial charge in [-0.05, 0) is 48.6 Å². The normalized spacial score (nSPS) is 16.3. The van der Waals surface area contributed by atoms with Crippen molar-refractivity contribution in [1.29, 1.82) is 0 Å². The van der Waals surface area contributed by atoms with Gasteiger partial charge < -0.3 is 36.4 Å². The van der Waals surface area contributed by atoms with Gasteiger partial charge in [0.05, 0.1) is 42.1 Å². The smallest absolute Gasteiger partial charge is 0.409 e. The van der Waals surface area contributed by atoms with Crippen molar-refractivity contribution in [2.45, 2.75) is 70.4 Å². The highest BCUT2D eigenvalue weighted by atomic mass is 32.2. The molecule has 14 nitrogen and oxygen atoms in total. The van der Waals surface area contributed by atoms with E-state index in [2.05, 4.69) is 36.6 Å². The van der Waals surface area contributed by atoms with Crippen LogP contribution in [0, 0.1) is 11.3 Å². The standard InChI is InChI=1S/C32H49N7O7S/c1-20(2)18-39(47(44,45)22-13-14-23-24(16-22)36-30(35-23)38-31(43)46-7)19-26(40)25(15-21-11-9-8-10-12-21)34-29(42)28(32(3,4)5)37-27(41)17-33-6/h8-14,16,20,25-26,28,30,33,35-36,40H,15,17-19H2,1-7H3,(H,34,42)(H,37,41)(H,38,43)/t25-,26+,28+,30?/m0/s1. The second-order valence-corrected chi connectivity index (χ2v) is 15.0. The van der Waals surface area contributed by atoms with Crippen molar-refractivity contribution >= 4 is 39.3 Å². The van der Waals surface area contributed by atoms with Gasteiger partial charge in [-0.2, -0.15) is 4.31 Å². The fourth-order valence-electron chi connectivity index (χ4n) is 5.15. The maximum Gasteiger partial charge on any atom is 0.409 e. The predicted molar refractivity (Wildman–Crippen MR) is 180 cm³/mol. The molecule has 0 aliphatic carbocycles. The van der Waals surface area contributed by atoms with Gasteiger partial charge in [-0.3, -0.25) is 14.9 Å². The Labute approximate surface area is 277 Å². The Morgan fingerprint density at radius 1 is 1.00 bits per heavy atom. The summed E-state index contributed by atoms with van der Waals surface area (Å²) >= 11 is 0. The van der Waals surface area contributed by atoms with Crippen molar-refractivity contribution in [3.05, 3.63) is 54.1 Å². The second-order valence-electron chi connectivity index (χ2n) is 13.0. The van der Waals surface area contributed by atoms with E-state index in [1.807, 2.05) is 65.0 Å². The summed E-state index contributed by atoms with van der Waals surface area (Å²) in [5.74, 6) is -0.939. The molecular weight excluding hydrogens is 626 g/mol. The van der Waals surface area contributed by atoms with Crippen LogP contribution in [0.15, 0.2) is 53.4 Å². The number of benzene rings is 2. The first kappa shape index (κ1) is 37.5. The largest absolute Gasteiger partial charge is 0.453 e. The average molecular weight is 676 g/mol. The van der Waals surface area contributed by atoms with Crippen molar-refractivity contribution in [3.8, 4) is 0 Å². The molecule has 0 bridgehead atoms. The molecule has 15 heteroatoms. The molecule has 1 aliphatic heterocycles. The lowest BCUT2D eigenvalue weighted by Gasteiger charge is -2.34. The highest BCUT2D eigenvalue weighted by molar-refractivity contribution is 7.89. The molecule has 0 spiro atoms. The van der Waals surface area contributed by atoms with Gasteiger partial charge >= 0.3 is 6.09 Å². The SMILES string of the molecule is CNCC(=O)N[C@H](C(=O)N[C@@H](Cc1ccccc1)[C@H](O)CN(CC(C)C)S(=O)(=O)c1ccc2c(c1)NC(NC(=O)OC)N2)C(C)(C)C. The molecule has 1 heterocycles. The number of aliphatic hydroxyl groups is 1. The number of rotatable bonds is 15. The Balaban J connectivity index is 1.89. The van der Waals surface area contributed by atoms with E-state index in [4.69, 9.17) is 0 Å². The van der Waals surface area contributed by atoms with Crippen molar-refractivity contribution < 1.29 is 32.6 Å². The van der Waals surface area contributed by atoms with Crippen LogP contribution in [0.3, 0.4) is 0 Å². The van der Waals surface area contributed by atoms with Crippen LogP contribution in [0.2, 0.25) is 0 Å². The minimum Gasteiger partial charge on any atom is -0.453 e. The zero-order chi connectivity index (χ0) is 34.9. The van der Waals surface area contributed by atoms with Crippen LogP contribution >= 0.6 is 0 Å². The van der Waals surface area contributed by atoms with Crippen molar-refractivity contribution in [2.24, 2.45) is 11.3 Å². The van der Waals surface area contributed by atoms with Gasteiger partial charge in [-0.15, -0.1) is 0 Å². The first-order valence-electron chi connectivity index (χ1n) is 15.5. The van der Waals surface area contributed by atoms with Gasteiger partial charge in [0.15, 0.2) is 6.29 Å². The number of hydrogen-bond acceptors (Lipinski definition) is 10. The van der Waals surface area contributed by atoms with Crippen molar-refractivity contribution in [1.82, 2.24) is 25.6 Å². The number of nitrogens with one attached hydrogen (secondary N) is 6. The van der Waals surface area contributed by atoms with Crippen LogP contribution in [-0.4, -0.2) is 94.0 Å². The third-order valence-electron chi connectivity index (χ3n) is 7.50. The summed E-state index contributed by atoms with van der Waals surface area (Å²) in [4.78, 5) is 37.8. The van der Waals surface area contributed by atoms with Gasteiger partial charge in [0.1, 0.15) is 6.04 Å². The van der Waals surface area contributed by atoms with Crippen LogP contribution in [-0.2, 0) is 30.8 Å². The lowest BCUT2D eigenvalue weighted by atomic mass is 9.85. The number of carbonyl (C=O) groups excluding carboxylic acids is 3. The first-order chi connectivity index (χ1) is 22.0. The number of carbonyl (C=O) groups is 3. The van der Waals surface area contributed by atoms with Gasteiger partial charge in [-0.1, -0.05) is 65.0 Å². The zero-order valence-corrected chi connectivity index (χ0v) is 28.9. The maximum absolute atomic E-state index is 14.1. The highest BCUT2D eigenvalue weighted by Crippen LogP contribution is 2.32. The van der Waals surface area contributed by atoms with Gasteiger partial charge in [0, 0.05) is 13.1 Å². The van der Waals surface area contributed by atoms with E-state index in [1.54, 1.807) is 13.1 Å². The number of nitrogens with zero attached hydrogens (tertiary/aromatic N) is 1. The van der Waals surface area contributed by atoms with Crippen LogP contribution in [0.4, 0.5) is 16.2 Å². The average Bonchev–Trinajstić information content (AvgIpc) is 3.40. The molecule has 0 fully saturated rings. The maximum atomic E-state index is 14.1. The number of aliphatic hydroxyl groups excluding tert-OH is 1. The highest BCUT2D eigenvalue weighted by Gasteiger charge is 2.37. The molecule has 1 aliphatic rings. The van der Waals surface area contributed by atoms with E-state index in [9.17, 15) is 27.9 Å². The molecule has 2 aromatic rings. The minimum atomic E-state index is -4.14. The fourth-order valence-corrected chi connectivity index (χ4v) is 6.80. The summed E-state index contributed by atoms with van der Waals surface area (Å²) in [6, 6.07) is 11.9.